The van der Waals surface area contributed by atoms with Crippen LogP contribution in [0.15, 0.2) is 88.1 Å². The van der Waals surface area contributed by atoms with E-state index in [1.165, 1.54) is 4.90 Å². The fourth-order valence-electron chi connectivity index (χ4n) is 5.38. The predicted octanol–water partition coefficient (Wildman–Crippen LogP) is 4.45. The van der Waals surface area contributed by atoms with Crippen LogP contribution < -0.4 is 10.3 Å². The zero-order valence-electron chi connectivity index (χ0n) is 18.7. The van der Waals surface area contributed by atoms with Crippen LogP contribution in [-0.4, -0.2) is 23.3 Å². The van der Waals surface area contributed by atoms with E-state index in [9.17, 15) is 14.4 Å². The number of para-hydroxylation sites is 2. The molecule has 2 amide bonds. The maximum absolute atomic E-state index is 14.4. The summed E-state index contributed by atoms with van der Waals surface area (Å²) in [6.07, 6.45) is 0.628. The molecule has 1 spiro atoms. The zero-order valence-corrected chi connectivity index (χ0v) is 18.7. The standard InChI is InChI=1S/C28H22N2O4/c1-2-16-30-26(32)25-23(24(31)19-12-6-9-15-22(19)34-25)28(30)20-13-7-8-14-21(20)29(27(28)33)17-18-10-4-3-5-11-18/h3-15H,2,16-17H2,1H3. The molecule has 1 unspecified atom stereocenters. The van der Waals surface area contributed by atoms with Crippen molar-refractivity contribution in [1.29, 1.82) is 0 Å². The summed E-state index contributed by atoms with van der Waals surface area (Å²) in [5.74, 6) is -0.771. The summed E-state index contributed by atoms with van der Waals surface area (Å²) in [5.41, 5.74) is 0.877. The van der Waals surface area contributed by atoms with Gasteiger partial charge in [-0.25, -0.2) is 0 Å². The van der Waals surface area contributed by atoms with E-state index in [4.69, 9.17) is 4.42 Å². The SMILES string of the molecule is CCCN1C(=O)c2oc3ccccc3c(=O)c2C12C(=O)N(Cc1ccccc1)c1ccccc12. The van der Waals surface area contributed by atoms with Crippen molar-refractivity contribution in [2.45, 2.75) is 25.4 Å². The summed E-state index contributed by atoms with van der Waals surface area (Å²) < 4.78 is 6.02. The molecular formula is C28H22N2O4. The number of hydrogen-bond donors (Lipinski definition) is 0. The zero-order chi connectivity index (χ0) is 23.4. The summed E-state index contributed by atoms with van der Waals surface area (Å²) in [6.45, 7) is 2.60. The number of hydrogen-bond acceptors (Lipinski definition) is 4. The first-order valence-corrected chi connectivity index (χ1v) is 11.4. The van der Waals surface area contributed by atoms with E-state index in [0.717, 1.165) is 5.56 Å². The molecule has 4 aromatic rings. The lowest BCUT2D eigenvalue weighted by Gasteiger charge is -2.34. The Morgan fingerprint density at radius 3 is 2.35 bits per heavy atom. The molecule has 0 saturated carbocycles. The minimum Gasteiger partial charge on any atom is -0.450 e. The number of nitrogens with zero attached hydrogens (tertiary/aromatic N) is 2. The Morgan fingerprint density at radius 2 is 1.56 bits per heavy atom. The normalized spacial score (nSPS) is 18.7. The van der Waals surface area contributed by atoms with Gasteiger partial charge in [0.25, 0.3) is 11.8 Å². The number of benzene rings is 3. The highest BCUT2D eigenvalue weighted by atomic mass is 16.3. The van der Waals surface area contributed by atoms with Gasteiger partial charge in [0, 0.05) is 12.1 Å². The average Bonchev–Trinajstić information content (AvgIpc) is 3.25. The second-order valence-electron chi connectivity index (χ2n) is 8.69. The molecule has 0 N–H and O–H groups in total. The summed E-state index contributed by atoms with van der Waals surface area (Å²) in [5, 5.41) is 0.360. The van der Waals surface area contributed by atoms with Gasteiger partial charge in [-0.15, -0.1) is 0 Å². The highest BCUT2D eigenvalue weighted by Crippen LogP contribution is 2.52. The van der Waals surface area contributed by atoms with E-state index in [1.54, 1.807) is 29.2 Å². The molecule has 168 valence electrons. The van der Waals surface area contributed by atoms with Gasteiger partial charge in [0.15, 0.2) is 11.0 Å². The number of carbonyl (C=O) groups excluding carboxylic acids is 2. The monoisotopic (exact) mass is 450 g/mol. The average molecular weight is 450 g/mol. The Morgan fingerprint density at radius 1 is 0.853 bits per heavy atom. The minimum absolute atomic E-state index is 0.0399. The molecule has 1 atom stereocenters. The van der Waals surface area contributed by atoms with Crippen LogP contribution in [0.2, 0.25) is 0 Å². The summed E-state index contributed by atoms with van der Waals surface area (Å²) in [7, 11) is 0. The molecule has 34 heavy (non-hydrogen) atoms. The van der Waals surface area contributed by atoms with Crippen LogP contribution in [0.1, 0.15) is 40.6 Å². The molecule has 0 fully saturated rings. The van der Waals surface area contributed by atoms with Crippen LogP contribution in [0.3, 0.4) is 0 Å². The van der Waals surface area contributed by atoms with Gasteiger partial charge in [0.05, 0.1) is 23.2 Å². The third kappa shape index (κ3) is 2.53. The molecule has 0 aliphatic carbocycles. The molecule has 0 bridgehead atoms. The Kier molecular flexibility index (Phi) is 4.45. The van der Waals surface area contributed by atoms with Crippen LogP contribution in [0.4, 0.5) is 5.69 Å². The lowest BCUT2D eigenvalue weighted by Crippen LogP contribution is -2.53. The number of fused-ring (bicyclic) bond motifs is 5. The predicted molar refractivity (Wildman–Crippen MR) is 129 cm³/mol. The van der Waals surface area contributed by atoms with Gasteiger partial charge in [-0.3, -0.25) is 14.4 Å². The van der Waals surface area contributed by atoms with Gasteiger partial charge in [0.2, 0.25) is 5.76 Å². The Hall–Kier alpha value is -4.19. The summed E-state index contributed by atoms with van der Waals surface area (Å²) in [6, 6.07) is 24.0. The second-order valence-corrected chi connectivity index (χ2v) is 8.69. The molecule has 1 aromatic heterocycles. The molecular weight excluding hydrogens is 428 g/mol. The number of amides is 2. The van der Waals surface area contributed by atoms with Crippen molar-refractivity contribution in [3.8, 4) is 0 Å². The van der Waals surface area contributed by atoms with E-state index in [1.807, 2.05) is 61.5 Å². The van der Waals surface area contributed by atoms with Gasteiger partial charge in [0.1, 0.15) is 5.58 Å². The van der Waals surface area contributed by atoms with Crippen molar-refractivity contribution in [2.75, 3.05) is 11.4 Å². The maximum Gasteiger partial charge on any atom is 0.291 e. The Balaban J connectivity index is 1.67. The van der Waals surface area contributed by atoms with Crippen molar-refractivity contribution in [3.05, 3.63) is 112 Å². The van der Waals surface area contributed by atoms with E-state index >= 15 is 0 Å². The maximum atomic E-state index is 14.4. The van der Waals surface area contributed by atoms with Gasteiger partial charge < -0.3 is 14.2 Å². The first-order valence-electron chi connectivity index (χ1n) is 11.4. The van der Waals surface area contributed by atoms with Gasteiger partial charge in [-0.1, -0.05) is 67.6 Å². The molecule has 0 saturated heterocycles. The molecule has 6 rings (SSSR count). The highest BCUT2D eigenvalue weighted by Gasteiger charge is 2.64. The van der Waals surface area contributed by atoms with Crippen LogP contribution in [0, 0.1) is 0 Å². The number of anilines is 1. The molecule has 6 heteroatoms. The smallest absolute Gasteiger partial charge is 0.291 e. The van der Waals surface area contributed by atoms with Crippen molar-refractivity contribution in [1.82, 2.24) is 4.90 Å². The fourth-order valence-corrected chi connectivity index (χ4v) is 5.38. The van der Waals surface area contributed by atoms with Crippen LogP contribution in [0.25, 0.3) is 11.0 Å². The molecule has 2 aliphatic heterocycles. The van der Waals surface area contributed by atoms with Crippen molar-refractivity contribution >= 4 is 28.5 Å². The number of rotatable bonds is 4. The minimum atomic E-state index is -1.54. The highest BCUT2D eigenvalue weighted by molar-refractivity contribution is 6.17. The molecule has 3 aromatic carbocycles. The van der Waals surface area contributed by atoms with Crippen molar-refractivity contribution in [3.63, 3.8) is 0 Å². The lowest BCUT2D eigenvalue weighted by atomic mass is 9.84. The first kappa shape index (κ1) is 20.4. The van der Waals surface area contributed by atoms with Gasteiger partial charge in [-0.05, 0) is 30.2 Å². The van der Waals surface area contributed by atoms with Gasteiger partial charge >= 0.3 is 0 Å². The van der Waals surface area contributed by atoms with E-state index in [-0.39, 0.29) is 22.7 Å². The largest absolute Gasteiger partial charge is 0.450 e. The van der Waals surface area contributed by atoms with E-state index in [2.05, 4.69) is 0 Å². The topological polar surface area (TPSA) is 70.8 Å². The van der Waals surface area contributed by atoms with Crippen LogP contribution >= 0.6 is 0 Å². The molecule has 2 aliphatic rings. The van der Waals surface area contributed by atoms with Crippen LogP contribution in [-0.2, 0) is 16.9 Å². The van der Waals surface area contributed by atoms with E-state index in [0.29, 0.717) is 41.7 Å². The summed E-state index contributed by atoms with van der Waals surface area (Å²) >= 11 is 0. The van der Waals surface area contributed by atoms with E-state index < -0.39 is 11.4 Å². The Labute approximate surface area is 196 Å². The van der Waals surface area contributed by atoms with Crippen LogP contribution in [0.5, 0.6) is 0 Å². The molecule has 3 heterocycles. The lowest BCUT2D eigenvalue weighted by molar-refractivity contribution is -0.126. The quantitative estimate of drug-likeness (QED) is 0.461. The first-order chi connectivity index (χ1) is 16.6. The molecule has 0 radical (unpaired) electrons. The third-order valence-electron chi connectivity index (χ3n) is 6.77. The molecule has 6 nitrogen and oxygen atoms in total. The van der Waals surface area contributed by atoms with Crippen molar-refractivity contribution < 1.29 is 14.0 Å². The fraction of sp³-hybridized carbons (Fsp3) is 0.179. The summed E-state index contributed by atoms with van der Waals surface area (Å²) in [4.78, 5) is 45.2. The van der Waals surface area contributed by atoms with Gasteiger partial charge in [-0.2, -0.15) is 0 Å². The second kappa shape index (κ2) is 7.42. The Bertz CT molecular complexity index is 1520. The third-order valence-corrected chi connectivity index (χ3v) is 6.77. The number of carbonyl (C=O) groups is 2. The van der Waals surface area contributed by atoms with Crippen molar-refractivity contribution in [2.24, 2.45) is 0 Å².